The van der Waals surface area contributed by atoms with Crippen molar-refractivity contribution >= 4 is 54.4 Å². The van der Waals surface area contributed by atoms with Crippen LogP contribution < -0.4 is 9.04 Å². The largest absolute Gasteiger partial charge is 0.496 e. The number of amides is 1. The average Bonchev–Trinajstić information content (AvgIpc) is 3.15. The first-order valence-electron chi connectivity index (χ1n) is 12.2. The first kappa shape index (κ1) is 28.8. The summed E-state index contributed by atoms with van der Waals surface area (Å²) in [5.41, 5.74) is -0.777. The fraction of sp³-hybridized carbons (Fsp3) is 0.520. The summed E-state index contributed by atoms with van der Waals surface area (Å²) in [4.78, 5) is 25.7. The van der Waals surface area contributed by atoms with Crippen LogP contribution >= 0.6 is 27.3 Å². The van der Waals surface area contributed by atoms with Crippen LogP contribution in [-0.4, -0.2) is 66.2 Å². The number of aliphatic hydroxyl groups excluding tert-OH is 1. The average molecular weight is 632 g/mol. The fourth-order valence-electron chi connectivity index (χ4n) is 4.83. The Bertz CT molecular complexity index is 1330. The molecule has 4 rings (SSSR count). The number of ether oxygens (including phenoxy) is 2. The van der Waals surface area contributed by atoms with Crippen molar-refractivity contribution in [2.45, 2.75) is 70.3 Å². The van der Waals surface area contributed by atoms with Crippen LogP contribution in [0.5, 0.6) is 5.75 Å². The van der Waals surface area contributed by atoms with E-state index in [1.807, 2.05) is 0 Å². The third kappa shape index (κ3) is 5.06. The number of halogens is 1. The van der Waals surface area contributed by atoms with Crippen molar-refractivity contribution in [1.82, 2.24) is 4.31 Å². The Hall–Kier alpha value is -2.19. The number of carbonyl (C=O) groups is 2. The van der Waals surface area contributed by atoms with Crippen LogP contribution in [0, 0.1) is 6.92 Å². The molecular formula is C25H31BrN2O8S2. The molecule has 1 aromatic carbocycles. The Morgan fingerprint density at radius 2 is 1.87 bits per heavy atom. The van der Waals surface area contributed by atoms with E-state index >= 15 is 0 Å². The lowest BCUT2D eigenvalue weighted by Gasteiger charge is -2.42. The molecule has 1 aromatic heterocycles. The minimum atomic E-state index is -4.64. The molecule has 2 aromatic rings. The van der Waals surface area contributed by atoms with Crippen LogP contribution in [0.4, 0.5) is 5.00 Å². The number of benzene rings is 1. The van der Waals surface area contributed by atoms with Gasteiger partial charge in [0.2, 0.25) is 0 Å². The van der Waals surface area contributed by atoms with Gasteiger partial charge in [0.25, 0.3) is 5.91 Å². The van der Waals surface area contributed by atoms with Gasteiger partial charge in [0.1, 0.15) is 16.9 Å². The quantitative estimate of drug-likeness (QED) is 0.442. The minimum absolute atomic E-state index is 0.130. The Morgan fingerprint density at radius 1 is 1.24 bits per heavy atom. The molecule has 1 fully saturated rings. The zero-order valence-electron chi connectivity index (χ0n) is 21.5. The third-order valence-corrected chi connectivity index (χ3v) is 11.3. The monoisotopic (exact) mass is 630 g/mol. The first-order chi connectivity index (χ1) is 17.8. The summed E-state index contributed by atoms with van der Waals surface area (Å²) in [6.45, 7) is 3.83. The molecule has 0 saturated heterocycles. The molecule has 10 nitrogen and oxygen atoms in total. The van der Waals surface area contributed by atoms with E-state index in [1.54, 1.807) is 31.2 Å². The van der Waals surface area contributed by atoms with Crippen molar-refractivity contribution in [3.63, 3.8) is 0 Å². The molecule has 1 atom stereocenters. The Kier molecular flexibility index (Phi) is 8.16. The zero-order chi connectivity index (χ0) is 28.0. The molecule has 1 amide bonds. The van der Waals surface area contributed by atoms with E-state index < -0.39 is 39.8 Å². The van der Waals surface area contributed by atoms with Crippen LogP contribution in [-0.2, 0) is 19.7 Å². The predicted octanol–water partition coefficient (Wildman–Crippen LogP) is 4.26. The summed E-state index contributed by atoms with van der Waals surface area (Å²) in [6, 6.07) is 7.13. The zero-order valence-corrected chi connectivity index (χ0v) is 24.7. The number of hydrogen-bond acceptors (Lipinski definition) is 8. The molecule has 38 heavy (non-hydrogen) atoms. The van der Waals surface area contributed by atoms with Crippen LogP contribution in [0.1, 0.15) is 67.1 Å². The highest BCUT2D eigenvalue weighted by Crippen LogP contribution is 2.47. The van der Waals surface area contributed by atoms with E-state index in [0.29, 0.717) is 50.7 Å². The van der Waals surface area contributed by atoms with Crippen LogP contribution in [0.2, 0.25) is 0 Å². The van der Waals surface area contributed by atoms with Gasteiger partial charge in [-0.15, -0.1) is 11.3 Å². The second-order valence-electron chi connectivity index (χ2n) is 9.95. The van der Waals surface area contributed by atoms with Gasteiger partial charge in [0.15, 0.2) is 5.54 Å². The van der Waals surface area contributed by atoms with E-state index in [4.69, 9.17) is 9.47 Å². The molecule has 0 radical (unpaired) electrons. The van der Waals surface area contributed by atoms with Gasteiger partial charge in [0.05, 0.1) is 35.2 Å². The number of aliphatic carboxylic acids is 1. The second kappa shape index (κ2) is 10.8. The maximum atomic E-state index is 14.1. The van der Waals surface area contributed by atoms with Gasteiger partial charge in [0, 0.05) is 5.56 Å². The molecular weight excluding hydrogens is 600 g/mol. The Balaban J connectivity index is 1.84. The lowest BCUT2D eigenvalue weighted by molar-refractivity contribution is -0.145. The molecule has 0 spiro atoms. The van der Waals surface area contributed by atoms with Crippen molar-refractivity contribution < 1.29 is 37.7 Å². The lowest BCUT2D eigenvalue weighted by atomic mass is 9.94. The molecule has 0 bridgehead atoms. The second-order valence-corrected chi connectivity index (χ2v) is 14.0. The normalized spacial score (nSPS) is 22.2. The molecule has 2 aliphatic rings. The number of thiophene rings is 1. The van der Waals surface area contributed by atoms with Crippen molar-refractivity contribution in [3.05, 3.63) is 44.7 Å². The molecule has 13 heteroatoms. The van der Waals surface area contributed by atoms with Crippen LogP contribution in [0.25, 0.3) is 0 Å². The van der Waals surface area contributed by atoms with E-state index in [1.165, 1.54) is 21.0 Å². The molecule has 0 unspecified atom stereocenters. The fourth-order valence-corrected chi connectivity index (χ4v) is 8.60. The smallest absolute Gasteiger partial charge is 0.330 e. The summed E-state index contributed by atoms with van der Waals surface area (Å²) >= 11 is 4.52. The first-order valence-corrected chi connectivity index (χ1v) is 15.2. The SMILES string of the molecule is COc1ccccc1[C@H](CN1c2sc(Br)c(C)c2C(=O)N(C(C)(C)C(=O)O)S1(=O)=O)O[C@H]1CC[C@@H](O)CC1. The number of nitrogens with zero attached hydrogens (tertiary/aromatic N) is 2. The lowest BCUT2D eigenvalue weighted by Crippen LogP contribution is -2.62. The number of rotatable bonds is 8. The van der Waals surface area contributed by atoms with E-state index in [2.05, 4.69) is 15.9 Å². The highest BCUT2D eigenvalue weighted by Gasteiger charge is 2.54. The van der Waals surface area contributed by atoms with Gasteiger partial charge in [-0.2, -0.15) is 8.42 Å². The maximum absolute atomic E-state index is 14.1. The molecule has 2 heterocycles. The number of fused-ring (bicyclic) bond motifs is 1. The highest BCUT2D eigenvalue weighted by molar-refractivity contribution is 9.11. The maximum Gasteiger partial charge on any atom is 0.330 e. The number of anilines is 1. The summed E-state index contributed by atoms with van der Waals surface area (Å²) in [7, 11) is -3.13. The topological polar surface area (TPSA) is 134 Å². The van der Waals surface area contributed by atoms with Gasteiger partial charge < -0.3 is 19.7 Å². The van der Waals surface area contributed by atoms with Gasteiger partial charge in [-0.05, 0) is 74.0 Å². The Labute approximate surface area is 234 Å². The van der Waals surface area contributed by atoms with E-state index in [9.17, 15) is 28.2 Å². The molecule has 1 aliphatic heterocycles. The molecule has 1 saturated carbocycles. The van der Waals surface area contributed by atoms with Crippen molar-refractivity contribution in [2.24, 2.45) is 0 Å². The number of aliphatic hydroxyl groups is 1. The summed E-state index contributed by atoms with van der Waals surface area (Å²) < 4.78 is 42.2. The van der Waals surface area contributed by atoms with Crippen molar-refractivity contribution in [3.8, 4) is 5.75 Å². The number of para-hydroxylation sites is 1. The number of carboxylic acids is 1. The van der Waals surface area contributed by atoms with Crippen molar-refractivity contribution in [2.75, 3.05) is 18.0 Å². The molecule has 1 aliphatic carbocycles. The minimum Gasteiger partial charge on any atom is -0.496 e. The van der Waals surface area contributed by atoms with Gasteiger partial charge in [-0.1, -0.05) is 18.2 Å². The van der Waals surface area contributed by atoms with Crippen LogP contribution in [0.15, 0.2) is 28.1 Å². The number of methoxy groups -OCH3 is 1. The standard InChI is InChI=1S/C25H31BrN2O8S2/c1-14-20-22(30)28(25(2,3)24(31)32)38(33,34)27(23(20)37-21(14)26)13-19(17-7-5-6-8-18(17)35-4)36-16-11-9-15(29)10-12-16/h5-8,15-16,19,29H,9-13H2,1-4H3,(H,31,32)/t15-,16+,19-/m0/s1. The Morgan fingerprint density at radius 3 is 2.47 bits per heavy atom. The summed E-state index contributed by atoms with van der Waals surface area (Å²) in [6.07, 6.45) is 0.914. The predicted molar refractivity (Wildman–Crippen MR) is 146 cm³/mol. The van der Waals surface area contributed by atoms with Crippen LogP contribution in [0.3, 0.4) is 0 Å². The van der Waals surface area contributed by atoms with Crippen molar-refractivity contribution in [1.29, 1.82) is 0 Å². The number of hydrogen-bond donors (Lipinski definition) is 2. The van der Waals surface area contributed by atoms with Gasteiger partial charge in [-0.25, -0.2) is 13.4 Å². The van der Waals surface area contributed by atoms with Gasteiger partial charge >= 0.3 is 16.2 Å². The number of carbonyl (C=O) groups excluding carboxylic acids is 1. The summed E-state index contributed by atoms with van der Waals surface area (Å²) in [5, 5.41) is 20.0. The number of carboxylic acid groups (broad SMARTS) is 1. The summed E-state index contributed by atoms with van der Waals surface area (Å²) in [5.74, 6) is -1.84. The van der Waals surface area contributed by atoms with E-state index in [-0.39, 0.29) is 23.2 Å². The van der Waals surface area contributed by atoms with E-state index in [0.717, 1.165) is 15.6 Å². The molecule has 208 valence electrons. The van der Waals surface area contributed by atoms with Gasteiger partial charge in [-0.3, -0.25) is 4.79 Å². The highest BCUT2D eigenvalue weighted by atomic mass is 79.9. The molecule has 2 N–H and O–H groups in total. The third-order valence-electron chi connectivity index (χ3n) is 7.05.